The Morgan fingerprint density at radius 3 is 2.33 bits per heavy atom. The molecule has 5 heterocycles. The van der Waals surface area contributed by atoms with Crippen molar-refractivity contribution in [1.82, 2.24) is 0 Å². The predicted octanol–water partition coefficient (Wildman–Crippen LogP) is 1.96. The van der Waals surface area contributed by atoms with E-state index in [1.807, 2.05) is 0 Å². The van der Waals surface area contributed by atoms with Crippen molar-refractivity contribution in [2.75, 3.05) is 32.1 Å². The van der Waals surface area contributed by atoms with Crippen LogP contribution in [0.1, 0.15) is 40.5 Å². The number of aliphatic hydroxyl groups is 2. The maximum absolute atomic E-state index is 10.9. The molecule has 0 aromatic carbocycles. The summed E-state index contributed by atoms with van der Waals surface area (Å²) in [6.07, 6.45) is 2.42. The molecule has 5 fully saturated rings. The molecule has 0 amide bonds. The molecule has 0 radical (unpaired) electrons. The Morgan fingerprint density at radius 2 is 1.75 bits per heavy atom. The van der Waals surface area contributed by atoms with Gasteiger partial charge in [-0.15, -0.1) is 0 Å². The van der Waals surface area contributed by atoms with Crippen LogP contribution < -0.4 is 0 Å². The van der Waals surface area contributed by atoms with Gasteiger partial charge in [-0.1, -0.05) is 0 Å². The summed E-state index contributed by atoms with van der Waals surface area (Å²) in [5.41, 5.74) is -0.0198. The minimum atomic E-state index is -3.17. The summed E-state index contributed by atoms with van der Waals surface area (Å²) in [7, 11) is -3.17. The first-order valence-corrected chi connectivity index (χ1v) is 11.0. The SMILES string of the molecule is CC1(C)CC(COCCO)OC2(C1)OP13(CC(C)(C)C1)OC2(O)O3. The van der Waals surface area contributed by atoms with E-state index in [4.69, 9.17) is 28.2 Å². The van der Waals surface area contributed by atoms with Crippen molar-refractivity contribution in [3.63, 3.8) is 0 Å². The third-order valence-electron chi connectivity index (χ3n) is 5.34. The van der Waals surface area contributed by atoms with Crippen LogP contribution >= 0.6 is 7.28 Å². The average Bonchev–Trinajstić information content (AvgIpc) is 2.62. The maximum atomic E-state index is 10.9. The second-order valence-electron chi connectivity index (χ2n) is 9.39. The number of ether oxygens (including phenoxy) is 2. The molecule has 0 aromatic rings. The van der Waals surface area contributed by atoms with E-state index in [9.17, 15) is 5.11 Å². The van der Waals surface area contributed by atoms with Crippen molar-refractivity contribution in [1.29, 1.82) is 0 Å². The molecule has 8 heteroatoms. The summed E-state index contributed by atoms with van der Waals surface area (Å²) >= 11 is 0. The topological polar surface area (TPSA) is 86.6 Å². The van der Waals surface area contributed by atoms with Crippen molar-refractivity contribution in [3.05, 3.63) is 0 Å². The van der Waals surface area contributed by atoms with Gasteiger partial charge in [0.25, 0.3) is 0 Å². The Bertz CT molecular complexity index is 545. The Balaban J connectivity index is 1.56. The summed E-state index contributed by atoms with van der Waals surface area (Å²) in [4.78, 5) is 0. The van der Waals surface area contributed by atoms with Crippen LogP contribution in [0.2, 0.25) is 0 Å². The van der Waals surface area contributed by atoms with Crippen LogP contribution in [0.4, 0.5) is 0 Å². The van der Waals surface area contributed by atoms with Crippen LogP contribution in [0.5, 0.6) is 0 Å². The molecule has 0 aromatic heterocycles. The number of hydrogen-bond donors (Lipinski definition) is 2. The first-order valence-electron chi connectivity index (χ1n) is 8.68. The van der Waals surface area contributed by atoms with Crippen LogP contribution in [0.25, 0.3) is 0 Å². The van der Waals surface area contributed by atoms with Gasteiger partial charge < -0.3 is 0 Å². The summed E-state index contributed by atoms with van der Waals surface area (Å²) in [5, 5.41) is 19.8. The second kappa shape index (κ2) is 4.70. The van der Waals surface area contributed by atoms with Gasteiger partial charge in [-0.25, -0.2) is 0 Å². The first kappa shape index (κ1) is 17.6. The number of aliphatic hydroxyl groups excluding tert-OH is 1. The van der Waals surface area contributed by atoms with E-state index in [2.05, 4.69) is 27.7 Å². The Labute approximate surface area is 142 Å². The summed E-state index contributed by atoms with van der Waals surface area (Å²) < 4.78 is 30.0. The second-order valence-corrected chi connectivity index (χ2v) is 13.0. The quantitative estimate of drug-likeness (QED) is 0.582. The van der Waals surface area contributed by atoms with E-state index < -0.39 is 19.0 Å². The van der Waals surface area contributed by atoms with E-state index in [0.29, 0.717) is 25.4 Å². The van der Waals surface area contributed by atoms with Crippen molar-refractivity contribution in [3.8, 4) is 0 Å². The van der Waals surface area contributed by atoms with Crippen molar-refractivity contribution < 1.29 is 33.3 Å². The third kappa shape index (κ3) is 2.33. The molecule has 2 atom stereocenters. The number of rotatable bonds is 4. The Kier molecular flexibility index (Phi) is 3.44. The molecular formula is C16H29O7P. The fourth-order valence-electron chi connectivity index (χ4n) is 5.21. The first-order chi connectivity index (χ1) is 10.9. The van der Waals surface area contributed by atoms with Gasteiger partial charge in [-0.3, -0.25) is 0 Å². The minimum absolute atomic E-state index is 0.0281. The zero-order valence-electron chi connectivity index (χ0n) is 14.9. The Morgan fingerprint density at radius 1 is 1.08 bits per heavy atom. The van der Waals surface area contributed by atoms with Crippen molar-refractivity contribution >= 4 is 7.28 Å². The molecule has 5 rings (SSSR count). The molecule has 2 N–H and O–H groups in total. The normalized spacial score (nSPS) is 47.6. The summed E-state index contributed by atoms with van der Waals surface area (Å²) in [6, 6.07) is 0. The van der Waals surface area contributed by atoms with Crippen LogP contribution in [-0.2, 0) is 23.0 Å². The molecule has 2 unspecified atom stereocenters. The van der Waals surface area contributed by atoms with Gasteiger partial charge in [-0.2, -0.15) is 0 Å². The molecule has 2 spiro atoms. The van der Waals surface area contributed by atoms with E-state index in [-0.39, 0.29) is 30.1 Å². The van der Waals surface area contributed by atoms with Crippen molar-refractivity contribution in [2.45, 2.75) is 58.4 Å². The fourth-order valence-corrected chi connectivity index (χ4v) is 11.2. The molecule has 7 nitrogen and oxygen atoms in total. The predicted molar refractivity (Wildman–Crippen MR) is 87.2 cm³/mol. The molecule has 2 bridgehead atoms. The van der Waals surface area contributed by atoms with Crippen molar-refractivity contribution in [2.24, 2.45) is 10.8 Å². The van der Waals surface area contributed by atoms with E-state index in [1.54, 1.807) is 0 Å². The van der Waals surface area contributed by atoms with Crippen LogP contribution in [0.15, 0.2) is 0 Å². The third-order valence-corrected chi connectivity index (χ3v) is 10.3. The number of hydrogen-bond acceptors (Lipinski definition) is 7. The van der Waals surface area contributed by atoms with Gasteiger partial charge in [0.1, 0.15) is 0 Å². The summed E-state index contributed by atoms with van der Waals surface area (Å²) in [6.45, 7) is 9.11. The molecule has 5 aliphatic rings. The average molecular weight is 364 g/mol. The van der Waals surface area contributed by atoms with Crippen LogP contribution in [0.3, 0.4) is 0 Å². The van der Waals surface area contributed by atoms with Gasteiger partial charge in [-0.05, 0) is 0 Å². The molecule has 0 saturated carbocycles. The zero-order chi connectivity index (χ0) is 17.5. The molecule has 5 saturated heterocycles. The summed E-state index contributed by atoms with van der Waals surface area (Å²) in [5.74, 6) is -3.09. The van der Waals surface area contributed by atoms with E-state index in [0.717, 1.165) is 6.42 Å². The van der Waals surface area contributed by atoms with Crippen LogP contribution in [0, 0.1) is 10.8 Å². The molecule has 24 heavy (non-hydrogen) atoms. The standard InChI is InChI=1S/C16H29O7P/c1-13(2)7-12(8-19-6-5-17)20-15(9-13)16(18)22-24(21-15,23-16)10-14(3,4)11-24/h12,17-18H,5-11H2,1-4H3. The van der Waals surface area contributed by atoms with Crippen LogP contribution in [-0.4, -0.2) is 60.2 Å². The monoisotopic (exact) mass is 364 g/mol. The van der Waals surface area contributed by atoms with Gasteiger partial charge in [0, 0.05) is 0 Å². The van der Waals surface area contributed by atoms with E-state index in [1.165, 1.54) is 0 Å². The van der Waals surface area contributed by atoms with Gasteiger partial charge in [0.15, 0.2) is 0 Å². The fraction of sp³-hybridized carbons (Fsp3) is 1.00. The molecular weight excluding hydrogens is 335 g/mol. The zero-order valence-corrected chi connectivity index (χ0v) is 15.8. The van der Waals surface area contributed by atoms with Gasteiger partial charge in [0.05, 0.1) is 0 Å². The van der Waals surface area contributed by atoms with E-state index >= 15 is 0 Å². The van der Waals surface area contributed by atoms with Gasteiger partial charge >= 0.3 is 142 Å². The molecule has 0 aliphatic carbocycles. The van der Waals surface area contributed by atoms with Gasteiger partial charge in [0.2, 0.25) is 0 Å². The Hall–Kier alpha value is 0.150. The molecule has 140 valence electrons. The molecule has 5 aliphatic heterocycles.